The quantitative estimate of drug-likeness (QED) is 0.758. The van der Waals surface area contributed by atoms with Gasteiger partial charge in [-0.1, -0.05) is 25.8 Å². The van der Waals surface area contributed by atoms with Crippen LogP contribution in [0.3, 0.4) is 0 Å². The highest BCUT2D eigenvalue weighted by Crippen LogP contribution is 2.30. The van der Waals surface area contributed by atoms with Gasteiger partial charge in [0.2, 0.25) is 0 Å². The molecule has 76 valence electrons. The molecule has 0 amide bonds. The van der Waals surface area contributed by atoms with Crippen LogP contribution in [-0.4, -0.2) is 5.11 Å². The van der Waals surface area contributed by atoms with E-state index in [9.17, 15) is 5.11 Å². The molecule has 0 bridgehead atoms. The molecule has 2 rings (SSSR count). The summed E-state index contributed by atoms with van der Waals surface area (Å²) < 4.78 is 0. The van der Waals surface area contributed by atoms with Crippen molar-refractivity contribution in [3.05, 3.63) is 29.3 Å². The molecule has 0 spiro atoms. The van der Waals surface area contributed by atoms with Crippen molar-refractivity contribution in [2.24, 2.45) is 5.92 Å². The van der Waals surface area contributed by atoms with Gasteiger partial charge in [-0.15, -0.1) is 0 Å². The van der Waals surface area contributed by atoms with Crippen LogP contribution in [0.4, 0.5) is 0 Å². The Balaban J connectivity index is 2.15. The van der Waals surface area contributed by atoms with E-state index in [1.165, 1.54) is 36.8 Å². The number of hydrogen-bond acceptors (Lipinski definition) is 1. The average Bonchev–Trinajstić information content (AvgIpc) is 2.19. The van der Waals surface area contributed by atoms with E-state index >= 15 is 0 Å². The molecule has 0 saturated carbocycles. The Labute approximate surface area is 85.8 Å². The van der Waals surface area contributed by atoms with Crippen LogP contribution in [0, 0.1) is 5.92 Å². The van der Waals surface area contributed by atoms with E-state index in [0.29, 0.717) is 5.75 Å². The molecule has 1 aliphatic carbocycles. The fourth-order valence-corrected chi connectivity index (χ4v) is 2.47. The fraction of sp³-hybridized carbons (Fsp3) is 0.538. The van der Waals surface area contributed by atoms with Gasteiger partial charge in [-0.25, -0.2) is 0 Å². The van der Waals surface area contributed by atoms with Crippen molar-refractivity contribution in [3.8, 4) is 5.75 Å². The highest BCUT2D eigenvalue weighted by molar-refractivity contribution is 5.36. The van der Waals surface area contributed by atoms with Crippen LogP contribution in [0.25, 0.3) is 0 Å². The fourth-order valence-electron chi connectivity index (χ4n) is 2.47. The summed E-state index contributed by atoms with van der Waals surface area (Å²) in [5, 5.41) is 9.36. The SMILES string of the molecule is CCCC1CCc2cc(O)ccc2C1. The maximum absolute atomic E-state index is 9.36. The maximum atomic E-state index is 9.36. The minimum absolute atomic E-state index is 0.415. The number of phenols is 1. The van der Waals surface area contributed by atoms with Gasteiger partial charge in [0, 0.05) is 0 Å². The molecule has 0 radical (unpaired) electrons. The minimum atomic E-state index is 0.415. The molecule has 0 saturated heterocycles. The molecule has 0 heterocycles. The highest BCUT2D eigenvalue weighted by Gasteiger charge is 2.17. The van der Waals surface area contributed by atoms with Crippen LogP contribution in [0.15, 0.2) is 18.2 Å². The van der Waals surface area contributed by atoms with E-state index in [2.05, 4.69) is 13.0 Å². The number of aromatic hydroxyl groups is 1. The molecule has 0 fully saturated rings. The lowest BCUT2D eigenvalue weighted by Gasteiger charge is -2.24. The summed E-state index contributed by atoms with van der Waals surface area (Å²) in [5.41, 5.74) is 2.81. The van der Waals surface area contributed by atoms with Crippen LogP contribution in [-0.2, 0) is 12.8 Å². The van der Waals surface area contributed by atoms with Gasteiger partial charge >= 0.3 is 0 Å². The zero-order valence-corrected chi connectivity index (χ0v) is 8.79. The Morgan fingerprint density at radius 1 is 1.36 bits per heavy atom. The van der Waals surface area contributed by atoms with Crippen molar-refractivity contribution >= 4 is 0 Å². The van der Waals surface area contributed by atoms with Crippen molar-refractivity contribution in [1.82, 2.24) is 0 Å². The van der Waals surface area contributed by atoms with E-state index < -0.39 is 0 Å². The van der Waals surface area contributed by atoms with Crippen LogP contribution < -0.4 is 0 Å². The summed E-state index contributed by atoms with van der Waals surface area (Å²) in [6.07, 6.45) is 6.29. The van der Waals surface area contributed by atoms with Gasteiger partial charge in [0.15, 0.2) is 0 Å². The van der Waals surface area contributed by atoms with Gasteiger partial charge in [0.25, 0.3) is 0 Å². The largest absolute Gasteiger partial charge is 0.508 e. The smallest absolute Gasteiger partial charge is 0.115 e. The molecule has 1 aliphatic rings. The van der Waals surface area contributed by atoms with Crippen molar-refractivity contribution in [1.29, 1.82) is 0 Å². The normalized spacial score (nSPS) is 20.5. The van der Waals surface area contributed by atoms with Gasteiger partial charge in [0.1, 0.15) is 5.75 Å². The topological polar surface area (TPSA) is 20.2 Å². The Kier molecular flexibility index (Phi) is 2.76. The predicted molar refractivity (Wildman–Crippen MR) is 58.5 cm³/mol. The van der Waals surface area contributed by atoms with Gasteiger partial charge in [-0.3, -0.25) is 0 Å². The third-order valence-electron chi connectivity index (χ3n) is 3.22. The standard InChI is InChI=1S/C13H18O/c1-2-3-10-4-5-12-9-13(14)7-6-11(12)8-10/h6-7,9-10,14H,2-5,8H2,1H3. The second kappa shape index (κ2) is 4.04. The first kappa shape index (κ1) is 9.57. The van der Waals surface area contributed by atoms with Crippen molar-refractivity contribution in [3.63, 3.8) is 0 Å². The number of hydrogen-bond donors (Lipinski definition) is 1. The van der Waals surface area contributed by atoms with Crippen molar-refractivity contribution in [2.75, 3.05) is 0 Å². The minimum Gasteiger partial charge on any atom is -0.508 e. The molecule has 1 heteroatoms. The zero-order valence-electron chi connectivity index (χ0n) is 8.79. The summed E-state index contributed by atoms with van der Waals surface area (Å²) in [5.74, 6) is 1.29. The van der Waals surface area contributed by atoms with E-state index in [0.717, 1.165) is 12.3 Å². The second-order valence-corrected chi connectivity index (χ2v) is 4.35. The number of rotatable bonds is 2. The van der Waals surface area contributed by atoms with Crippen LogP contribution in [0.1, 0.15) is 37.3 Å². The van der Waals surface area contributed by atoms with Gasteiger partial charge in [0.05, 0.1) is 0 Å². The lowest BCUT2D eigenvalue weighted by atomic mass is 9.82. The summed E-state index contributed by atoms with van der Waals surface area (Å²) >= 11 is 0. The molecule has 1 aromatic carbocycles. The first-order chi connectivity index (χ1) is 6.79. The van der Waals surface area contributed by atoms with E-state index in [-0.39, 0.29) is 0 Å². The zero-order chi connectivity index (χ0) is 9.97. The number of benzene rings is 1. The summed E-state index contributed by atoms with van der Waals surface area (Å²) in [7, 11) is 0. The summed E-state index contributed by atoms with van der Waals surface area (Å²) in [6, 6.07) is 5.83. The van der Waals surface area contributed by atoms with Crippen LogP contribution >= 0.6 is 0 Å². The molecule has 0 aromatic heterocycles. The first-order valence-corrected chi connectivity index (χ1v) is 5.60. The molecular weight excluding hydrogens is 172 g/mol. The third kappa shape index (κ3) is 1.92. The first-order valence-electron chi connectivity index (χ1n) is 5.60. The van der Waals surface area contributed by atoms with Crippen LogP contribution in [0.5, 0.6) is 5.75 Å². The van der Waals surface area contributed by atoms with E-state index in [1.807, 2.05) is 12.1 Å². The number of aryl methyl sites for hydroxylation is 1. The van der Waals surface area contributed by atoms with Crippen LogP contribution in [0.2, 0.25) is 0 Å². The monoisotopic (exact) mass is 190 g/mol. The van der Waals surface area contributed by atoms with Gasteiger partial charge in [-0.2, -0.15) is 0 Å². The van der Waals surface area contributed by atoms with Gasteiger partial charge < -0.3 is 5.11 Å². The highest BCUT2D eigenvalue weighted by atomic mass is 16.3. The molecule has 0 aliphatic heterocycles. The van der Waals surface area contributed by atoms with E-state index in [1.54, 1.807) is 0 Å². The Morgan fingerprint density at radius 2 is 2.21 bits per heavy atom. The molecule has 1 N–H and O–H groups in total. The van der Waals surface area contributed by atoms with Crippen molar-refractivity contribution < 1.29 is 5.11 Å². The average molecular weight is 190 g/mol. The molecule has 1 nitrogen and oxygen atoms in total. The molecular formula is C13H18O. The third-order valence-corrected chi connectivity index (χ3v) is 3.22. The Bertz CT molecular complexity index is 317. The summed E-state index contributed by atoms with van der Waals surface area (Å²) in [6.45, 7) is 2.26. The Hall–Kier alpha value is -0.980. The summed E-state index contributed by atoms with van der Waals surface area (Å²) in [4.78, 5) is 0. The predicted octanol–water partition coefficient (Wildman–Crippen LogP) is 3.30. The van der Waals surface area contributed by atoms with Crippen molar-refractivity contribution in [2.45, 2.75) is 39.0 Å². The van der Waals surface area contributed by atoms with E-state index in [4.69, 9.17) is 0 Å². The Morgan fingerprint density at radius 3 is 3.00 bits per heavy atom. The second-order valence-electron chi connectivity index (χ2n) is 4.35. The molecule has 14 heavy (non-hydrogen) atoms. The molecule has 1 atom stereocenters. The molecule has 1 unspecified atom stereocenters. The lowest BCUT2D eigenvalue weighted by Crippen LogP contribution is -2.13. The lowest BCUT2D eigenvalue weighted by molar-refractivity contribution is 0.419. The maximum Gasteiger partial charge on any atom is 0.115 e. The molecule has 1 aromatic rings. The van der Waals surface area contributed by atoms with Gasteiger partial charge in [-0.05, 0) is 48.4 Å². The number of phenolic OH excluding ortho intramolecular Hbond substituents is 1. The number of fused-ring (bicyclic) bond motifs is 1.